The molecule has 3 rings (SSSR count). The second kappa shape index (κ2) is 5.01. The van der Waals surface area contributed by atoms with E-state index in [4.69, 9.17) is 4.74 Å². The van der Waals surface area contributed by atoms with Gasteiger partial charge in [-0.2, -0.15) is 5.26 Å². The van der Waals surface area contributed by atoms with E-state index >= 15 is 0 Å². The van der Waals surface area contributed by atoms with Crippen LogP contribution in [-0.2, 0) is 11.2 Å². The Hall–Kier alpha value is -2.28. The summed E-state index contributed by atoms with van der Waals surface area (Å²) < 4.78 is 5.04. The van der Waals surface area contributed by atoms with Gasteiger partial charge in [0.25, 0.3) is 0 Å². The summed E-state index contributed by atoms with van der Waals surface area (Å²) in [6.45, 7) is 2.17. The Morgan fingerprint density at radius 1 is 1.55 bits per heavy atom. The number of benzene rings is 1. The smallest absolute Gasteiger partial charge is 0.338 e. The van der Waals surface area contributed by atoms with Crippen molar-refractivity contribution in [1.29, 1.82) is 5.26 Å². The lowest BCUT2D eigenvalue weighted by Crippen LogP contribution is -2.07. The lowest BCUT2D eigenvalue weighted by molar-refractivity contribution is 0.0526. The van der Waals surface area contributed by atoms with Crippen molar-refractivity contribution in [3.05, 3.63) is 35.0 Å². The summed E-state index contributed by atoms with van der Waals surface area (Å²) in [5.74, 6) is -0.353. The molecule has 1 N–H and O–H groups in total. The van der Waals surface area contributed by atoms with Gasteiger partial charge in [0.15, 0.2) is 0 Å². The van der Waals surface area contributed by atoms with Crippen LogP contribution in [0.3, 0.4) is 0 Å². The molecule has 4 heteroatoms. The third-order valence-corrected chi connectivity index (χ3v) is 3.87. The topological polar surface area (TPSA) is 65.9 Å². The standard InChI is InChI=1S/C16H16N2O2/c1-2-20-16(19)10-6-7-14-13(8-10)12-5-3-4-11(9-17)15(12)18-14/h6-8,11,18H,2-5H2,1H3. The average Bonchev–Trinajstić information content (AvgIpc) is 2.85. The van der Waals surface area contributed by atoms with Crippen LogP contribution in [0, 0.1) is 11.3 Å². The van der Waals surface area contributed by atoms with Crippen LogP contribution >= 0.6 is 0 Å². The molecule has 0 saturated carbocycles. The molecule has 1 atom stereocenters. The molecule has 0 spiro atoms. The molecular weight excluding hydrogens is 252 g/mol. The minimum Gasteiger partial charge on any atom is -0.462 e. The number of carbonyl (C=O) groups is 1. The van der Waals surface area contributed by atoms with Gasteiger partial charge in [-0.1, -0.05) is 0 Å². The summed E-state index contributed by atoms with van der Waals surface area (Å²) in [5, 5.41) is 10.3. The van der Waals surface area contributed by atoms with Gasteiger partial charge in [-0.15, -0.1) is 0 Å². The molecule has 20 heavy (non-hydrogen) atoms. The maximum absolute atomic E-state index is 11.8. The van der Waals surface area contributed by atoms with Crippen LogP contribution in [-0.4, -0.2) is 17.6 Å². The first kappa shape index (κ1) is 12.7. The molecular formula is C16H16N2O2. The van der Waals surface area contributed by atoms with Crippen LogP contribution in [0.1, 0.15) is 47.3 Å². The maximum atomic E-state index is 11.8. The fourth-order valence-electron chi connectivity index (χ4n) is 2.93. The van der Waals surface area contributed by atoms with E-state index in [0.717, 1.165) is 35.9 Å². The summed E-state index contributed by atoms with van der Waals surface area (Å²) in [6, 6.07) is 7.90. The summed E-state index contributed by atoms with van der Waals surface area (Å²) in [4.78, 5) is 15.2. The molecule has 1 aromatic carbocycles. The van der Waals surface area contributed by atoms with Crippen LogP contribution in [0.5, 0.6) is 0 Å². The fraction of sp³-hybridized carbons (Fsp3) is 0.375. The summed E-state index contributed by atoms with van der Waals surface area (Å²) in [7, 11) is 0. The number of aryl methyl sites for hydroxylation is 1. The van der Waals surface area contributed by atoms with Gasteiger partial charge in [0.05, 0.1) is 24.2 Å². The Kier molecular flexibility index (Phi) is 3.19. The van der Waals surface area contributed by atoms with E-state index < -0.39 is 0 Å². The van der Waals surface area contributed by atoms with Crippen molar-refractivity contribution in [3.63, 3.8) is 0 Å². The number of hydrogen-bond donors (Lipinski definition) is 1. The number of nitriles is 1. The zero-order chi connectivity index (χ0) is 14.1. The number of aromatic nitrogens is 1. The number of carbonyl (C=O) groups excluding carboxylic acids is 1. The van der Waals surface area contributed by atoms with Crippen LogP contribution < -0.4 is 0 Å². The molecule has 1 heterocycles. The normalized spacial score (nSPS) is 17.5. The van der Waals surface area contributed by atoms with E-state index in [-0.39, 0.29) is 11.9 Å². The highest BCUT2D eigenvalue weighted by Crippen LogP contribution is 2.36. The number of rotatable bonds is 2. The second-order valence-electron chi connectivity index (χ2n) is 5.07. The van der Waals surface area contributed by atoms with E-state index in [1.54, 1.807) is 13.0 Å². The van der Waals surface area contributed by atoms with Gasteiger partial charge in [-0.05, 0) is 49.9 Å². The predicted molar refractivity (Wildman–Crippen MR) is 75.5 cm³/mol. The van der Waals surface area contributed by atoms with Crippen molar-refractivity contribution < 1.29 is 9.53 Å². The number of nitrogens with one attached hydrogen (secondary N) is 1. The lowest BCUT2D eigenvalue weighted by Gasteiger charge is -2.16. The number of fused-ring (bicyclic) bond motifs is 3. The Balaban J connectivity index is 2.11. The van der Waals surface area contributed by atoms with Gasteiger partial charge in [-0.25, -0.2) is 4.79 Å². The van der Waals surface area contributed by atoms with E-state index in [0.29, 0.717) is 12.2 Å². The van der Waals surface area contributed by atoms with Crippen molar-refractivity contribution in [1.82, 2.24) is 4.98 Å². The molecule has 0 fully saturated rings. The largest absolute Gasteiger partial charge is 0.462 e. The molecule has 0 aliphatic heterocycles. The van der Waals surface area contributed by atoms with Gasteiger partial charge >= 0.3 is 5.97 Å². The van der Waals surface area contributed by atoms with Crippen molar-refractivity contribution in [3.8, 4) is 6.07 Å². The molecule has 0 radical (unpaired) electrons. The predicted octanol–water partition coefficient (Wildman–Crippen LogP) is 3.29. The third kappa shape index (κ3) is 1.96. The second-order valence-corrected chi connectivity index (χ2v) is 5.07. The van der Waals surface area contributed by atoms with Crippen molar-refractivity contribution in [2.75, 3.05) is 6.61 Å². The van der Waals surface area contributed by atoms with E-state index in [2.05, 4.69) is 11.1 Å². The minimum atomic E-state index is -0.294. The van der Waals surface area contributed by atoms with E-state index in [9.17, 15) is 10.1 Å². The van der Waals surface area contributed by atoms with Gasteiger partial charge in [0.2, 0.25) is 0 Å². The third-order valence-electron chi connectivity index (χ3n) is 3.87. The van der Waals surface area contributed by atoms with Gasteiger partial charge in [0.1, 0.15) is 0 Å². The van der Waals surface area contributed by atoms with E-state index in [1.165, 1.54) is 5.56 Å². The zero-order valence-corrected chi connectivity index (χ0v) is 11.4. The number of H-pyrrole nitrogens is 1. The van der Waals surface area contributed by atoms with Crippen LogP contribution in [0.2, 0.25) is 0 Å². The lowest BCUT2D eigenvalue weighted by atomic mass is 9.87. The Morgan fingerprint density at radius 3 is 3.15 bits per heavy atom. The Bertz CT molecular complexity index is 709. The number of aromatic amines is 1. The molecule has 4 nitrogen and oxygen atoms in total. The summed E-state index contributed by atoms with van der Waals surface area (Å²) in [5.41, 5.74) is 3.77. The van der Waals surface area contributed by atoms with Crippen molar-refractivity contribution >= 4 is 16.9 Å². The number of hydrogen-bond acceptors (Lipinski definition) is 3. The van der Waals surface area contributed by atoms with Gasteiger partial charge in [-0.3, -0.25) is 0 Å². The fourth-order valence-corrected chi connectivity index (χ4v) is 2.93. The quantitative estimate of drug-likeness (QED) is 0.850. The van der Waals surface area contributed by atoms with E-state index in [1.807, 2.05) is 12.1 Å². The minimum absolute atomic E-state index is 0.0582. The number of ether oxygens (including phenoxy) is 1. The first-order valence-electron chi connectivity index (χ1n) is 6.95. The average molecular weight is 268 g/mol. The van der Waals surface area contributed by atoms with Crippen LogP contribution in [0.25, 0.3) is 10.9 Å². The Morgan fingerprint density at radius 2 is 2.40 bits per heavy atom. The van der Waals surface area contributed by atoms with Crippen molar-refractivity contribution in [2.24, 2.45) is 0 Å². The summed E-state index contributed by atoms with van der Waals surface area (Å²) >= 11 is 0. The Labute approximate surface area is 117 Å². The van der Waals surface area contributed by atoms with Gasteiger partial charge < -0.3 is 9.72 Å². The van der Waals surface area contributed by atoms with Crippen molar-refractivity contribution in [2.45, 2.75) is 32.1 Å². The molecule has 0 saturated heterocycles. The number of nitrogens with zero attached hydrogens (tertiary/aromatic N) is 1. The summed E-state index contributed by atoms with van der Waals surface area (Å²) in [6.07, 6.45) is 2.88. The first-order chi connectivity index (χ1) is 9.74. The highest BCUT2D eigenvalue weighted by molar-refractivity contribution is 5.96. The molecule has 1 aromatic heterocycles. The molecule has 1 aliphatic carbocycles. The monoisotopic (exact) mass is 268 g/mol. The maximum Gasteiger partial charge on any atom is 0.338 e. The van der Waals surface area contributed by atoms with Gasteiger partial charge in [0, 0.05) is 16.6 Å². The molecule has 0 bridgehead atoms. The molecule has 0 amide bonds. The first-order valence-corrected chi connectivity index (χ1v) is 6.95. The highest BCUT2D eigenvalue weighted by atomic mass is 16.5. The molecule has 102 valence electrons. The molecule has 1 unspecified atom stereocenters. The highest BCUT2D eigenvalue weighted by Gasteiger charge is 2.24. The SMILES string of the molecule is CCOC(=O)c1ccc2[nH]c3c(c2c1)CCCC3C#N. The molecule has 2 aromatic rings. The zero-order valence-electron chi connectivity index (χ0n) is 11.4. The number of esters is 1. The van der Waals surface area contributed by atoms with Crippen LogP contribution in [0.15, 0.2) is 18.2 Å². The van der Waals surface area contributed by atoms with Crippen LogP contribution in [0.4, 0.5) is 0 Å². The molecule has 1 aliphatic rings.